The highest BCUT2D eigenvalue weighted by Crippen LogP contribution is 2.36. The van der Waals surface area contributed by atoms with Crippen LogP contribution in [0.25, 0.3) is 10.9 Å². The first-order valence-corrected chi connectivity index (χ1v) is 11.2. The Hall–Kier alpha value is -4.66. The van der Waals surface area contributed by atoms with Gasteiger partial charge in [0.2, 0.25) is 0 Å². The molecule has 9 nitrogen and oxygen atoms in total. The number of para-hydroxylation sites is 2. The van der Waals surface area contributed by atoms with Crippen molar-refractivity contribution >= 4 is 39.9 Å². The number of hydrogen-bond acceptors (Lipinski definition) is 5. The predicted molar refractivity (Wildman–Crippen MR) is 132 cm³/mol. The number of urea groups is 1. The van der Waals surface area contributed by atoms with Gasteiger partial charge in [0.15, 0.2) is 24.2 Å². The molecule has 3 N–H and O–H groups in total. The molecule has 35 heavy (non-hydrogen) atoms. The minimum atomic E-state index is -0.383. The molecule has 0 aliphatic carbocycles. The van der Waals surface area contributed by atoms with Gasteiger partial charge in [-0.2, -0.15) is 0 Å². The summed E-state index contributed by atoms with van der Waals surface area (Å²) in [4.78, 5) is 29.9. The molecule has 3 heterocycles. The number of aromatic amines is 1. The molecule has 0 spiro atoms. The number of aromatic nitrogens is 1. The van der Waals surface area contributed by atoms with Crippen molar-refractivity contribution in [2.24, 2.45) is 0 Å². The normalized spacial score (nSPS) is 16.4. The molecule has 0 bridgehead atoms. The molecule has 9 heteroatoms. The van der Waals surface area contributed by atoms with Crippen LogP contribution in [-0.2, 0) is 4.79 Å². The molecular weight excluding hydrogens is 448 g/mol. The molecule has 4 aromatic rings. The van der Waals surface area contributed by atoms with Crippen LogP contribution in [0.15, 0.2) is 72.9 Å². The fourth-order valence-corrected chi connectivity index (χ4v) is 4.26. The van der Waals surface area contributed by atoms with Gasteiger partial charge in [-0.15, -0.1) is 0 Å². The van der Waals surface area contributed by atoms with E-state index in [0.717, 1.165) is 10.9 Å². The first-order valence-electron chi connectivity index (χ1n) is 11.2. The number of carbonyl (C=O) groups is 2. The molecule has 0 radical (unpaired) electrons. The summed E-state index contributed by atoms with van der Waals surface area (Å²) in [5.74, 6) is 1.69. The number of ether oxygens (including phenoxy) is 3. The maximum Gasteiger partial charge on any atom is 0.323 e. The summed E-state index contributed by atoms with van der Waals surface area (Å²) in [6.45, 7) is 0.562. The van der Waals surface area contributed by atoms with Gasteiger partial charge in [0.05, 0.1) is 12.2 Å². The Bertz CT molecular complexity index is 1430. The molecule has 1 unspecified atom stereocenters. The van der Waals surface area contributed by atoms with Gasteiger partial charge in [0.25, 0.3) is 5.91 Å². The van der Waals surface area contributed by atoms with Crippen molar-refractivity contribution in [3.63, 3.8) is 0 Å². The van der Waals surface area contributed by atoms with E-state index >= 15 is 0 Å². The highest BCUT2D eigenvalue weighted by atomic mass is 16.6. The van der Waals surface area contributed by atoms with Gasteiger partial charge in [-0.05, 0) is 47.9 Å². The number of hydrogen-bond donors (Lipinski definition) is 3. The number of anilines is 3. The zero-order chi connectivity index (χ0) is 23.8. The number of rotatable bonds is 4. The number of amides is 3. The van der Waals surface area contributed by atoms with Crippen LogP contribution in [0, 0.1) is 0 Å². The molecule has 1 aromatic heterocycles. The zero-order valence-electron chi connectivity index (χ0n) is 18.6. The smallest absolute Gasteiger partial charge is 0.323 e. The Labute approximate surface area is 200 Å². The summed E-state index contributed by atoms with van der Waals surface area (Å²) in [5.41, 5.74) is 2.76. The minimum Gasteiger partial charge on any atom is -0.486 e. The fraction of sp³-hybridized carbons (Fsp3) is 0.154. The average molecular weight is 470 g/mol. The summed E-state index contributed by atoms with van der Waals surface area (Å²) in [7, 11) is 0. The Morgan fingerprint density at radius 1 is 0.943 bits per heavy atom. The lowest BCUT2D eigenvalue weighted by Crippen LogP contribution is -2.47. The lowest BCUT2D eigenvalue weighted by atomic mass is 10.2. The van der Waals surface area contributed by atoms with E-state index in [2.05, 4.69) is 15.6 Å². The summed E-state index contributed by atoms with van der Waals surface area (Å²) in [5, 5.41) is 6.70. The number of nitrogens with one attached hydrogen (secondary N) is 3. The molecule has 1 atom stereocenters. The predicted octanol–water partition coefficient (Wildman–Crippen LogP) is 4.38. The first kappa shape index (κ1) is 20.9. The average Bonchev–Trinajstić information content (AvgIpc) is 3.33. The number of nitrogens with zero attached hydrogens (tertiary/aromatic N) is 1. The van der Waals surface area contributed by atoms with Crippen LogP contribution in [-0.4, -0.2) is 42.8 Å². The van der Waals surface area contributed by atoms with Crippen LogP contribution in [0.3, 0.4) is 0 Å². The molecule has 2 aliphatic heterocycles. The Morgan fingerprint density at radius 2 is 1.74 bits per heavy atom. The highest BCUT2D eigenvalue weighted by Gasteiger charge is 2.31. The SMILES string of the molecule is O=C(Nc1ccc2c(c1)OCC(=O)N2CC1COc2ccccc2O1)Nc1ccc2cc[nH]c2c1. The summed E-state index contributed by atoms with van der Waals surface area (Å²) in [6.07, 6.45) is 1.53. The monoisotopic (exact) mass is 470 g/mol. The van der Waals surface area contributed by atoms with Crippen LogP contribution in [0.1, 0.15) is 0 Å². The molecule has 2 aliphatic rings. The maximum absolute atomic E-state index is 12.6. The van der Waals surface area contributed by atoms with E-state index in [1.165, 1.54) is 0 Å². The van der Waals surface area contributed by atoms with Gasteiger partial charge < -0.3 is 34.7 Å². The third-order valence-electron chi connectivity index (χ3n) is 5.93. The van der Waals surface area contributed by atoms with Gasteiger partial charge in [0, 0.05) is 29.2 Å². The molecule has 3 aromatic carbocycles. The van der Waals surface area contributed by atoms with E-state index in [-0.39, 0.29) is 24.6 Å². The molecule has 0 fully saturated rings. The third kappa shape index (κ3) is 4.19. The van der Waals surface area contributed by atoms with Crippen molar-refractivity contribution in [2.45, 2.75) is 6.10 Å². The van der Waals surface area contributed by atoms with Crippen LogP contribution in [0.2, 0.25) is 0 Å². The van der Waals surface area contributed by atoms with Crippen molar-refractivity contribution in [2.75, 3.05) is 35.3 Å². The second-order valence-electron chi connectivity index (χ2n) is 8.33. The van der Waals surface area contributed by atoms with E-state index in [0.29, 0.717) is 47.5 Å². The van der Waals surface area contributed by atoms with Crippen molar-refractivity contribution in [3.05, 3.63) is 72.9 Å². The van der Waals surface area contributed by atoms with Crippen LogP contribution in [0.4, 0.5) is 21.9 Å². The topological polar surface area (TPSA) is 105 Å². The van der Waals surface area contributed by atoms with Gasteiger partial charge in [-0.3, -0.25) is 4.79 Å². The molecule has 176 valence electrons. The number of benzene rings is 3. The Kier molecular flexibility index (Phi) is 5.14. The van der Waals surface area contributed by atoms with Gasteiger partial charge in [-0.25, -0.2) is 4.79 Å². The Morgan fingerprint density at radius 3 is 2.63 bits per heavy atom. The second kappa shape index (κ2) is 8.60. The lowest BCUT2D eigenvalue weighted by molar-refractivity contribution is -0.121. The summed E-state index contributed by atoms with van der Waals surface area (Å²) in [6, 6.07) is 19.9. The highest BCUT2D eigenvalue weighted by molar-refractivity contribution is 6.02. The van der Waals surface area contributed by atoms with Crippen LogP contribution < -0.4 is 29.7 Å². The molecular formula is C26H22N4O5. The number of carbonyl (C=O) groups excluding carboxylic acids is 2. The van der Waals surface area contributed by atoms with E-state index in [4.69, 9.17) is 14.2 Å². The minimum absolute atomic E-state index is 0.0943. The van der Waals surface area contributed by atoms with Gasteiger partial charge in [0.1, 0.15) is 12.4 Å². The van der Waals surface area contributed by atoms with Crippen molar-refractivity contribution in [3.8, 4) is 17.2 Å². The molecule has 3 amide bonds. The zero-order valence-corrected chi connectivity index (χ0v) is 18.6. The summed E-state index contributed by atoms with van der Waals surface area (Å²) < 4.78 is 17.5. The van der Waals surface area contributed by atoms with E-state index in [9.17, 15) is 9.59 Å². The van der Waals surface area contributed by atoms with E-state index in [1.54, 1.807) is 23.1 Å². The second-order valence-corrected chi connectivity index (χ2v) is 8.33. The molecule has 0 saturated carbocycles. The van der Waals surface area contributed by atoms with Gasteiger partial charge >= 0.3 is 6.03 Å². The van der Waals surface area contributed by atoms with E-state index < -0.39 is 0 Å². The van der Waals surface area contributed by atoms with Crippen molar-refractivity contribution < 1.29 is 23.8 Å². The quantitative estimate of drug-likeness (QED) is 0.411. The Balaban J connectivity index is 1.14. The maximum atomic E-state index is 12.6. The number of fused-ring (bicyclic) bond motifs is 3. The lowest BCUT2D eigenvalue weighted by Gasteiger charge is -2.34. The van der Waals surface area contributed by atoms with Crippen LogP contribution >= 0.6 is 0 Å². The summed E-state index contributed by atoms with van der Waals surface area (Å²) >= 11 is 0. The van der Waals surface area contributed by atoms with E-state index in [1.807, 2.05) is 54.7 Å². The van der Waals surface area contributed by atoms with Crippen molar-refractivity contribution in [1.82, 2.24) is 4.98 Å². The largest absolute Gasteiger partial charge is 0.486 e. The van der Waals surface area contributed by atoms with Crippen LogP contribution in [0.5, 0.6) is 17.2 Å². The standard InChI is InChI=1S/C26H22N4O5/c31-25-15-34-24-12-18(29-26(32)28-17-6-5-16-9-10-27-20(16)11-17)7-8-21(24)30(25)13-19-14-33-22-3-1-2-4-23(22)35-19/h1-12,19,27H,13-15H2,(H2,28,29,32). The third-order valence-corrected chi connectivity index (χ3v) is 5.93. The molecule has 0 saturated heterocycles. The molecule has 6 rings (SSSR count). The number of H-pyrrole nitrogens is 1. The van der Waals surface area contributed by atoms with Gasteiger partial charge in [-0.1, -0.05) is 18.2 Å². The first-order chi connectivity index (χ1) is 17.1. The van der Waals surface area contributed by atoms with Crippen molar-refractivity contribution in [1.29, 1.82) is 0 Å². The fourth-order valence-electron chi connectivity index (χ4n) is 4.26.